The van der Waals surface area contributed by atoms with Gasteiger partial charge in [-0.25, -0.2) is 0 Å². The maximum Gasteiger partial charge on any atom is 0.322 e. The number of carbonyl (C=O) groups is 2. The molecule has 290 valence electrons. The van der Waals surface area contributed by atoms with Gasteiger partial charge >= 0.3 is 5.97 Å². The van der Waals surface area contributed by atoms with E-state index in [4.69, 9.17) is 14.3 Å². The van der Waals surface area contributed by atoms with Crippen molar-refractivity contribution in [3.63, 3.8) is 0 Å². The van der Waals surface area contributed by atoms with Crippen LogP contribution in [-0.2, 0) is 36.4 Å². The van der Waals surface area contributed by atoms with Crippen LogP contribution in [-0.4, -0.2) is 116 Å². The number of nitrogens with one attached hydrogen (secondary N) is 1. The van der Waals surface area contributed by atoms with Gasteiger partial charge in [0.15, 0.2) is 0 Å². The molecule has 4 aliphatic heterocycles. The van der Waals surface area contributed by atoms with Crippen LogP contribution in [0.3, 0.4) is 0 Å². The van der Waals surface area contributed by atoms with Gasteiger partial charge in [-0.3, -0.25) is 19.4 Å². The van der Waals surface area contributed by atoms with E-state index in [1.54, 1.807) is 7.11 Å². The van der Waals surface area contributed by atoms with Crippen molar-refractivity contribution in [2.75, 3.05) is 59.5 Å². The molecule has 54 heavy (non-hydrogen) atoms. The van der Waals surface area contributed by atoms with Crippen LogP contribution >= 0.6 is 0 Å². The molecule has 7 atom stereocenters. The number of fused-ring (bicyclic) bond motifs is 4. The maximum atomic E-state index is 14.9. The minimum absolute atomic E-state index is 0.0127. The Morgan fingerprint density at radius 2 is 1.83 bits per heavy atom. The van der Waals surface area contributed by atoms with E-state index >= 15 is 0 Å². The van der Waals surface area contributed by atoms with E-state index in [0.717, 1.165) is 78.0 Å². The quantitative estimate of drug-likeness (QED) is 0.176. The predicted molar refractivity (Wildman–Crippen MR) is 209 cm³/mol. The van der Waals surface area contributed by atoms with E-state index in [1.807, 2.05) is 13.1 Å². The molecule has 0 radical (unpaired) electrons. The van der Waals surface area contributed by atoms with Crippen LogP contribution in [0.1, 0.15) is 68.8 Å². The van der Waals surface area contributed by atoms with Crippen LogP contribution in [0.15, 0.2) is 60.2 Å². The number of anilines is 1. The van der Waals surface area contributed by atoms with Crippen molar-refractivity contribution in [2.24, 2.45) is 5.41 Å². The Balaban J connectivity index is 0.00000107. The maximum absolute atomic E-state index is 14.9. The summed E-state index contributed by atoms with van der Waals surface area (Å²) in [7, 11) is 6.51. The van der Waals surface area contributed by atoms with Crippen LogP contribution in [0.5, 0.6) is 5.75 Å². The molecule has 8 rings (SSSR count). The largest absolute Gasteiger partial charge is 0.496 e. The van der Waals surface area contributed by atoms with Gasteiger partial charge in [-0.05, 0) is 62.0 Å². The Bertz CT molecular complexity index is 1970. The van der Waals surface area contributed by atoms with Gasteiger partial charge < -0.3 is 34.3 Å². The molecule has 11 heteroatoms. The number of H-pyrrole nitrogens is 1. The van der Waals surface area contributed by atoms with Crippen LogP contribution < -0.4 is 9.64 Å². The molecule has 5 heterocycles. The van der Waals surface area contributed by atoms with Gasteiger partial charge in [-0.15, -0.1) is 0 Å². The molecule has 0 amide bonds. The number of aromatic nitrogens is 1. The first-order valence-corrected chi connectivity index (χ1v) is 19.4. The first-order valence-electron chi connectivity index (χ1n) is 19.4. The number of aliphatic hydroxyl groups is 2. The number of rotatable bonds is 7. The van der Waals surface area contributed by atoms with Crippen LogP contribution in [0.25, 0.3) is 10.9 Å². The molecule has 3 N–H and O–H groups in total. The number of ether oxygens (including phenoxy) is 3. The summed E-state index contributed by atoms with van der Waals surface area (Å²) in [6, 6.07) is 12.3. The van der Waals surface area contributed by atoms with Crippen molar-refractivity contribution >= 4 is 29.0 Å². The summed E-state index contributed by atoms with van der Waals surface area (Å²) in [6.45, 7) is 10.9. The molecule has 1 spiro atoms. The molecule has 5 aliphatic rings. The summed E-state index contributed by atoms with van der Waals surface area (Å²) in [5, 5.41) is 25.1. The number of allylic oxidation sites excluding steroid dienone is 1. The second-order valence-electron chi connectivity index (χ2n) is 15.6. The minimum atomic E-state index is -1.25. The Morgan fingerprint density at radius 3 is 2.50 bits per heavy atom. The summed E-state index contributed by atoms with van der Waals surface area (Å²) < 4.78 is 16.0. The zero-order valence-electron chi connectivity index (χ0n) is 32.7. The van der Waals surface area contributed by atoms with E-state index in [-0.39, 0.29) is 18.1 Å². The first kappa shape index (κ1) is 38.1. The first-order chi connectivity index (χ1) is 26.1. The number of hydrogen-bond acceptors (Lipinski definition) is 10. The van der Waals surface area contributed by atoms with Gasteiger partial charge in [-0.1, -0.05) is 62.8 Å². The highest BCUT2D eigenvalue weighted by Crippen LogP contribution is 2.65. The fourth-order valence-corrected chi connectivity index (χ4v) is 11.2. The van der Waals surface area contributed by atoms with Gasteiger partial charge in [0.25, 0.3) is 6.47 Å². The molecule has 2 fully saturated rings. The van der Waals surface area contributed by atoms with Crippen LogP contribution in [0.2, 0.25) is 0 Å². The van der Waals surface area contributed by atoms with E-state index in [9.17, 15) is 15.0 Å². The number of likely N-dealkylation sites (N-methyl/N-ethyl adjacent to an activating group) is 2. The molecular formula is C43H56N4O7. The second-order valence-corrected chi connectivity index (χ2v) is 15.6. The van der Waals surface area contributed by atoms with Gasteiger partial charge in [0, 0.05) is 77.5 Å². The number of methoxy groups -OCH3 is 3. The lowest BCUT2D eigenvalue weighted by atomic mass is 9.51. The summed E-state index contributed by atoms with van der Waals surface area (Å²) in [4.78, 5) is 34.8. The molecule has 1 aromatic heterocycles. The number of aliphatic hydroxyl groups excluding tert-OH is 2. The Morgan fingerprint density at radius 1 is 1.07 bits per heavy atom. The Hall–Kier alpha value is -4.16. The van der Waals surface area contributed by atoms with Crippen molar-refractivity contribution in [1.29, 1.82) is 0 Å². The van der Waals surface area contributed by atoms with Gasteiger partial charge in [-0.2, -0.15) is 0 Å². The number of nitrogens with zero attached hydrogens (tertiary/aromatic N) is 3. The molecule has 11 nitrogen and oxygen atoms in total. The summed E-state index contributed by atoms with van der Waals surface area (Å²) in [5.74, 6) is 0.269. The van der Waals surface area contributed by atoms with Crippen molar-refractivity contribution in [3.05, 3.63) is 82.6 Å². The number of para-hydroxylation sites is 1. The fourth-order valence-electron chi connectivity index (χ4n) is 11.2. The molecule has 0 bridgehead atoms. The third-order valence-electron chi connectivity index (χ3n) is 13.6. The summed E-state index contributed by atoms with van der Waals surface area (Å²) in [5.41, 5.74) is 4.74. The molecule has 5 unspecified atom stereocenters. The second kappa shape index (κ2) is 14.5. The third kappa shape index (κ3) is 5.22. The smallest absolute Gasteiger partial charge is 0.322 e. The summed E-state index contributed by atoms with van der Waals surface area (Å²) >= 11 is 0. The van der Waals surface area contributed by atoms with E-state index in [0.29, 0.717) is 31.6 Å². The van der Waals surface area contributed by atoms with Gasteiger partial charge in [0.2, 0.25) is 0 Å². The van der Waals surface area contributed by atoms with Gasteiger partial charge in [0.05, 0.1) is 33.5 Å². The zero-order chi connectivity index (χ0) is 38.6. The number of benzene rings is 2. The number of carbonyl (C=O) groups excluding carboxylic acids is 2. The Labute approximate surface area is 318 Å². The highest BCUT2D eigenvalue weighted by Gasteiger charge is 2.72. The lowest BCUT2D eigenvalue weighted by molar-refractivity contribution is -0.146. The van der Waals surface area contributed by atoms with Gasteiger partial charge in [0.1, 0.15) is 17.3 Å². The summed E-state index contributed by atoms with van der Waals surface area (Å²) in [6.07, 6.45) is 7.58. The topological polar surface area (TPSA) is 128 Å². The van der Waals surface area contributed by atoms with Crippen molar-refractivity contribution in [1.82, 2.24) is 14.8 Å². The zero-order valence-corrected chi connectivity index (χ0v) is 32.7. The van der Waals surface area contributed by atoms with E-state index in [1.165, 1.54) is 19.8 Å². The monoisotopic (exact) mass is 740 g/mol. The number of aromatic amines is 1. The Kier molecular flexibility index (Phi) is 10.2. The third-order valence-corrected chi connectivity index (χ3v) is 13.6. The van der Waals surface area contributed by atoms with Crippen LogP contribution in [0, 0.1) is 5.41 Å². The molecule has 1 aliphatic carbocycles. The van der Waals surface area contributed by atoms with Crippen molar-refractivity contribution in [3.8, 4) is 5.75 Å². The lowest BCUT2D eigenvalue weighted by Gasteiger charge is -2.60. The molecule has 1 saturated carbocycles. The standard InChI is InChI=1S/C41H52N4O5.C2H4O2/c1-7-25-15-17-40(38(48)50-6,34-27(24-44(9-3)23-25)26-13-10-11-14-30(26)42-34)29-21-28-31(22-32(29)49-5)43(4)35-33(46)36(47)39(8-2)16-12-19-45-20-18-41(28,35)37(39)45;1-4-2-3/h10-16,21-22,33,35-37,42,46-47H,7-9,17-20,23-24H2,1-6H3;2H,1H3/b25-15-;/t33?,35?,36?,37?,39-,40-,41?;/m0./s1. The SMILES string of the molecule is CC/C1=C/C[C@](C(=O)OC)(c2cc3c(cc2OC)N(C)C2C(O)C(O)[C@]4(CC)C=CCN5CCC32C54)c2[nH]c3ccccc3c2CN(CC)C1.COC=O. The van der Waals surface area contributed by atoms with E-state index < -0.39 is 28.5 Å². The molecule has 1 saturated heterocycles. The fraction of sp³-hybridized carbons (Fsp3) is 0.535. The average Bonchev–Trinajstić information content (AvgIpc) is 3.86. The normalized spacial score (nSPS) is 32.4. The average molecular weight is 741 g/mol. The van der Waals surface area contributed by atoms with Crippen molar-refractivity contribution < 1.29 is 34.0 Å². The number of hydrogen-bond donors (Lipinski definition) is 3. The van der Waals surface area contributed by atoms with E-state index in [2.05, 4.69) is 93.8 Å². The predicted octanol–water partition coefficient (Wildman–Crippen LogP) is 4.82. The highest BCUT2D eigenvalue weighted by molar-refractivity contribution is 5.94. The minimum Gasteiger partial charge on any atom is -0.496 e. The lowest BCUT2D eigenvalue weighted by Crippen LogP contribution is -2.73. The van der Waals surface area contributed by atoms with Crippen molar-refractivity contribution in [2.45, 2.75) is 88.1 Å². The molecular weight excluding hydrogens is 684 g/mol. The highest BCUT2D eigenvalue weighted by atomic mass is 16.5. The number of esters is 1. The molecule has 3 aromatic rings. The molecule has 2 aromatic carbocycles. The van der Waals surface area contributed by atoms with Crippen LogP contribution in [0.4, 0.5) is 5.69 Å².